The number of rotatable bonds is 2. The molecule has 1 N–H and O–H groups in total. The molecule has 0 saturated carbocycles. The topological polar surface area (TPSA) is 50.2 Å². The lowest BCUT2D eigenvalue weighted by molar-refractivity contribution is 0.423. The van der Waals surface area contributed by atoms with E-state index < -0.39 is 11.6 Å². The van der Waals surface area contributed by atoms with E-state index in [1.165, 1.54) is 12.1 Å². The number of fused-ring (bicyclic) bond motifs is 1. The smallest absolute Gasteiger partial charge is 0.349 e. The van der Waals surface area contributed by atoms with Crippen LogP contribution in [-0.4, -0.2) is 52.0 Å². The predicted octanol–water partition coefficient (Wildman–Crippen LogP) is 3.99. The first-order valence-electron chi connectivity index (χ1n) is 10.5. The molecule has 6 rings (SSSR count). The molecule has 2 saturated heterocycles. The highest BCUT2D eigenvalue weighted by Gasteiger charge is 2.38. The van der Waals surface area contributed by atoms with Crippen LogP contribution in [0.3, 0.4) is 0 Å². The molecule has 0 amide bonds. The maximum atomic E-state index is 14.7. The van der Waals surface area contributed by atoms with Gasteiger partial charge < -0.3 is 10.2 Å². The molecule has 0 bridgehead atoms. The Morgan fingerprint density at radius 3 is 2.91 bits per heavy atom. The fourth-order valence-corrected chi connectivity index (χ4v) is 7.90. The molecule has 3 aliphatic rings. The molecule has 2 aromatic carbocycles. The van der Waals surface area contributed by atoms with E-state index in [1.807, 2.05) is 11.8 Å². The summed E-state index contributed by atoms with van der Waals surface area (Å²) in [5, 5.41) is 4.74. The maximum Gasteiger partial charge on any atom is 0.350 e. The summed E-state index contributed by atoms with van der Waals surface area (Å²) in [7, 11) is 0. The number of aromatic nitrogens is 2. The van der Waals surface area contributed by atoms with Crippen LogP contribution >= 0.6 is 35.1 Å². The highest BCUT2D eigenvalue weighted by Crippen LogP contribution is 2.46. The molecule has 4 heterocycles. The van der Waals surface area contributed by atoms with Gasteiger partial charge in [0, 0.05) is 70.4 Å². The Morgan fingerprint density at radius 1 is 1.19 bits per heavy atom. The zero-order chi connectivity index (χ0) is 22.0. The summed E-state index contributed by atoms with van der Waals surface area (Å²) >= 11 is 10.2. The monoisotopic (exact) mass is 492 g/mol. The van der Waals surface area contributed by atoms with Gasteiger partial charge >= 0.3 is 5.69 Å². The zero-order valence-electron chi connectivity index (χ0n) is 16.9. The largest absolute Gasteiger partial charge is 0.350 e. The van der Waals surface area contributed by atoms with E-state index in [-0.39, 0.29) is 17.3 Å². The molecule has 0 radical (unpaired) electrons. The minimum Gasteiger partial charge on any atom is -0.349 e. The number of piperazine rings is 1. The van der Waals surface area contributed by atoms with Crippen LogP contribution in [0.1, 0.15) is 0 Å². The van der Waals surface area contributed by atoms with E-state index in [0.29, 0.717) is 34.7 Å². The fraction of sp³-hybridized carbons (Fsp3) is 0.364. The summed E-state index contributed by atoms with van der Waals surface area (Å²) in [5.74, 6) is 1.98. The van der Waals surface area contributed by atoms with Gasteiger partial charge in [-0.15, -0.1) is 11.8 Å². The average molecular weight is 493 g/mol. The van der Waals surface area contributed by atoms with Gasteiger partial charge in [0.15, 0.2) is 0 Å². The summed E-state index contributed by atoms with van der Waals surface area (Å²) in [6, 6.07) is 5.90. The fourth-order valence-electron chi connectivity index (χ4n) is 4.96. The van der Waals surface area contributed by atoms with Gasteiger partial charge in [0.1, 0.15) is 17.5 Å². The van der Waals surface area contributed by atoms with Gasteiger partial charge in [0.25, 0.3) is 0 Å². The van der Waals surface area contributed by atoms with Crippen molar-refractivity contribution in [3.8, 4) is 11.1 Å². The zero-order valence-corrected chi connectivity index (χ0v) is 19.3. The highest BCUT2D eigenvalue weighted by molar-refractivity contribution is 7.99. The van der Waals surface area contributed by atoms with Crippen molar-refractivity contribution in [3.63, 3.8) is 0 Å². The van der Waals surface area contributed by atoms with Crippen LogP contribution in [0.15, 0.2) is 34.0 Å². The van der Waals surface area contributed by atoms with E-state index in [2.05, 4.69) is 15.2 Å². The number of thioether (sulfide) groups is 2. The Kier molecular flexibility index (Phi) is 5.13. The van der Waals surface area contributed by atoms with Crippen molar-refractivity contribution in [3.05, 3.63) is 51.4 Å². The molecule has 32 heavy (non-hydrogen) atoms. The van der Waals surface area contributed by atoms with Crippen molar-refractivity contribution < 1.29 is 8.78 Å². The third-order valence-electron chi connectivity index (χ3n) is 6.39. The Bertz CT molecular complexity index is 1320. The lowest BCUT2D eigenvalue weighted by Crippen LogP contribution is -2.58. The second-order valence-electron chi connectivity index (χ2n) is 8.16. The van der Waals surface area contributed by atoms with Crippen molar-refractivity contribution >= 4 is 51.8 Å². The number of hydrogen-bond donors (Lipinski definition) is 1. The first-order chi connectivity index (χ1) is 15.5. The summed E-state index contributed by atoms with van der Waals surface area (Å²) in [5.41, 5.74) is 1.17. The number of aryl methyl sites for hydroxylation is 1. The van der Waals surface area contributed by atoms with Crippen LogP contribution in [-0.2, 0) is 6.54 Å². The second-order valence-corrected chi connectivity index (χ2v) is 10.7. The van der Waals surface area contributed by atoms with Crippen LogP contribution in [0.5, 0.6) is 0 Å². The number of nitrogens with one attached hydrogen (secondary N) is 1. The third-order valence-corrected chi connectivity index (χ3v) is 8.94. The van der Waals surface area contributed by atoms with E-state index in [0.717, 1.165) is 46.5 Å². The molecule has 2 fully saturated rings. The van der Waals surface area contributed by atoms with Gasteiger partial charge in [-0.05, 0) is 18.2 Å². The second kappa shape index (κ2) is 7.90. The summed E-state index contributed by atoms with van der Waals surface area (Å²) in [4.78, 5) is 20.6. The van der Waals surface area contributed by atoms with Crippen LogP contribution in [0.2, 0.25) is 5.02 Å². The van der Waals surface area contributed by atoms with Crippen LogP contribution < -0.4 is 15.9 Å². The van der Waals surface area contributed by atoms with Crippen molar-refractivity contribution in [1.29, 1.82) is 0 Å². The number of anilines is 1. The minimum atomic E-state index is -0.676. The lowest BCUT2D eigenvalue weighted by Gasteiger charge is -2.39. The Hall–Kier alpha value is -1.81. The molecule has 1 unspecified atom stereocenters. The molecule has 10 heteroatoms. The number of hydrogen-bond acceptors (Lipinski definition) is 6. The van der Waals surface area contributed by atoms with E-state index in [9.17, 15) is 13.6 Å². The van der Waals surface area contributed by atoms with Crippen molar-refractivity contribution in [2.45, 2.75) is 23.5 Å². The Morgan fingerprint density at radius 2 is 2.06 bits per heavy atom. The van der Waals surface area contributed by atoms with Gasteiger partial charge in [-0.2, -0.15) is 16.7 Å². The average Bonchev–Trinajstić information content (AvgIpc) is 3.26. The van der Waals surface area contributed by atoms with E-state index in [1.54, 1.807) is 22.4 Å². The molecule has 2 atom stereocenters. The SMILES string of the molecule is O=c1nc(N2CCNC3CSC[C@@H]32)c2cc(Cl)c(-c3ccc(F)cc3F)c3c2n1CCS3. The first kappa shape index (κ1) is 20.8. The van der Waals surface area contributed by atoms with Crippen LogP contribution in [0.25, 0.3) is 22.0 Å². The van der Waals surface area contributed by atoms with Gasteiger partial charge in [0.2, 0.25) is 0 Å². The molecule has 0 aliphatic carbocycles. The lowest BCUT2D eigenvalue weighted by atomic mass is 10.0. The molecule has 3 aliphatic heterocycles. The van der Waals surface area contributed by atoms with Gasteiger partial charge in [0.05, 0.1) is 16.6 Å². The minimum absolute atomic E-state index is 0.231. The summed E-state index contributed by atoms with van der Waals surface area (Å²) in [6.07, 6.45) is 0. The van der Waals surface area contributed by atoms with E-state index in [4.69, 9.17) is 11.6 Å². The normalized spacial score (nSPS) is 22.4. The van der Waals surface area contributed by atoms with Gasteiger partial charge in [-0.3, -0.25) is 4.57 Å². The quantitative estimate of drug-likeness (QED) is 0.583. The Balaban J connectivity index is 1.63. The number of halogens is 3. The molecule has 0 spiro atoms. The number of benzene rings is 2. The predicted molar refractivity (Wildman–Crippen MR) is 127 cm³/mol. The standard InChI is InChI=1S/C22H19ClF2N4OS2/c23-14-8-13-19-20(18(14)12-2-1-11(24)7-15(12)25)32-6-5-29(19)22(30)27-21(13)28-4-3-26-16-9-31-10-17(16)28/h1-2,7-8,16-17,26H,3-6,9-10H2/t16?,17-/m0/s1. The van der Waals surface area contributed by atoms with Crippen LogP contribution in [0, 0.1) is 11.6 Å². The first-order valence-corrected chi connectivity index (χ1v) is 13.0. The van der Waals surface area contributed by atoms with Crippen molar-refractivity contribution in [2.75, 3.05) is 35.2 Å². The molecular weight excluding hydrogens is 474 g/mol. The number of nitrogens with zero attached hydrogens (tertiary/aromatic N) is 3. The van der Waals surface area contributed by atoms with Crippen molar-refractivity contribution in [2.24, 2.45) is 0 Å². The molecule has 5 nitrogen and oxygen atoms in total. The molecule has 3 aromatic rings. The molecular formula is C22H19ClF2N4OS2. The van der Waals surface area contributed by atoms with Gasteiger partial charge in [-0.25, -0.2) is 13.6 Å². The maximum absolute atomic E-state index is 14.7. The van der Waals surface area contributed by atoms with E-state index >= 15 is 0 Å². The van der Waals surface area contributed by atoms with Crippen molar-refractivity contribution in [1.82, 2.24) is 14.9 Å². The van der Waals surface area contributed by atoms with Crippen LogP contribution in [0.4, 0.5) is 14.6 Å². The summed E-state index contributed by atoms with van der Waals surface area (Å²) in [6.45, 7) is 2.10. The summed E-state index contributed by atoms with van der Waals surface area (Å²) < 4.78 is 30.0. The Labute approximate surface area is 196 Å². The third kappa shape index (κ3) is 3.16. The molecule has 1 aromatic heterocycles. The van der Waals surface area contributed by atoms with Gasteiger partial charge in [-0.1, -0.05) is 11.6 Å². The molecule has 166 valence electrons. The highest BCUT2D eigenvalue weighted by atomic mass is 35.5.